The average Bonchev–Trinajstić information content (AvgIpc) is 3.39. The van der Waals surface area contributed by atoms with Crippen LogP contribution in [0.3, 0.4) is 0 Å². The lowest BCUT2D eigenvalue weighted by Crippen LogP contribution is -2.13. The van der Waals surface area contributed by atoms with Gasteiger partial charge in [-0.15, -0.1) is 0 Å². The van der Waals surface area contributed by atoms with Crippen molar-refractivity contribution in [2.45, 2.75) is 139 Å². The Morgan fingerprint density at radius 3 is 0.800 bits per heavy atom. The van der Waals surface area contributed by atoms with Gasteiger partial charge in [0.05, 0.1) is 57.8 Å². The quantitative estimate of drug-likeness (QED) is 0.0328. The van der Waals surface area contributed by atoms with Crippen LogP contribution in [0.4, 0.5) is 0 Å². The summed E-state index contributed by atoms with van der Waals surface area (Å²) in [5.74, 6) is 23.6. The molecule has 0 bridgehead atoms. The number of benzene rings is 4. The van der Waals surface area contributed by atoms with Crippen LogP contribution in [0.15, 0.2) is 72.8 Å². The zero-order valence-electron chi connectivity index (χ0n) is 47.2. The molecule has 0 radical (unpaired) electrons. The molecule has 0 spiro atoms. The highest BCUT2D eigenvalue weighted by molar-refractivity contribution is 5.90. The normalized spacial score (nSPS) is 12.0. The number of carbonyl (C=O) groups is 3. The molecule has 0 amide bonds. The van der Waals surface area contributed by atoms with Crippen molar-refractivity contribution in [1.29, 1.82) is 0 Å². The van der Waals surface area contributed by atoms with Gasteiger partial charge in [0, 0.05) is 16.7 Å². The van der Waals surface area contributed by atoms with Gasteiger partial charge in [-0.2, -0.15) is 0 Å². The Morgan fingerprint density at radius 2 is 0.587 bits per heavy atom. The van der Waals surface area contributed by atoms with E-state index in [1.54, 1.807) is 72.8 Å². The second kappa shape index (κ2) is 32.6. The van der Waals surface area contributed by atoms with E-state index in [4.69, 9.17) is 28.4 Å². The molecule has 4 rings (SSSR count). The van der Waals surface area contributed by atoms with Crippen LogP contribution >= 0.6 is 0 Å². The van der Waals surface area contributed by atoms with Crippen LogP contribution in [-0.2, 0) is 14.2 Å². The summed E-state index contributed by atoms with van der Waals surface area (Å²) in [6, 6.07) is 20.9. The second-order valence-corrected chi connectivity index (χ2v) is 21.3. The maximum absolute atomic E-state index is 12.4. The van der Waals surface area contributed by atoms with Gasteiger partial charge in [0.1, 0.15) is 16.7 Å². The summed E-state index contributed by atoms with van der Waals surface area (Å²) in [4.78, 5) is 37.3. The summed E-state index contributed by atoms with van der Waals surface area (Å²) < 4.78 is 36.1. The molecular formula is C66H84O9. The topological polar surface area (TPSA) is 107 Å². The molecule has 9 heteroatoms. The third-order valence-electron chi connectivity index (χ3n) is 13.3. The maximum atomic E-state index is 12.4. The maximum Gasteiger partial charge on any atom is 0.337 e. The van der Waals surface area contributed by atoms with Gasteiger partial charge >= 0.3 is 17.9 Å². The van der Waals surface area contributed by atoms with Crippen molar-refractivity contribution >= 4 is 17.9 Å². The Hall–Kier alpha value is -6.63. The molecule has 0 saturated carbocycles. The van der Waals surface area contributed by atoms with E-state index < -0.39 is 17.9 Å². The minimum Gasteiger partial charge on any atom is -0.491 e. The van der Waals surface area contributed by atoms with Gasteiger partial charge in [-0.3, -0.25) is 0 Å². The lowest BCUT2D eigenvalue weighted by atomic mass is 9.96. The van der Waals surface area contributed by atoms with E-state index in [1.807, 2.05) is 0 Å². The first kappa shape index (κ1) is 60.9. The number of esters is 3. The summed E-state index contributed by atoms with van der Waals surface area (Å²) in [6.07, 6.45) is 12.5. The van der Waals surface area contributed by atoms with Gasteiger partial charge in [0.2, 0.25) is 0 Å². The smallest absolute Gasteiger partial charge is 0.337 e. The van der Waals surface area contributed by atoms with Crippen LogP contribution in [0.5, 0.6) is 17.2 Å². The lowest BCUT2D eigenvalue weighted by Gasteiger charge is -2.23. The van der Waals surface area contributed by atoms with Gasteiger partial charge in [-0.1, -0.05) is 156 Å². The molecule has 3 atom stereocenters. The zero-order valence-corrected chi connectivity index (χ0v) is 47.2. The van der Waals surface area contributed by atoms with Gasteiger partial charge in [0.15, 0.2) is 17.2 Å². The largest absolute Gasteiger partial charge is 0.491 e. The molecule has 9 nitrogen and oxygen atoms in total. The molecule has 4 aromatic rings. The number of carbonyl (C=O) groups excluding carboxylic acids is 3. The van der Waals surface area contributed by atoms with Gasteiger partial charge in [-0.05, 0) is 128 Å². The molecule has 0 fully saturated rings. The fraction of sp³-hybridized carbons (Fsp3) is 0.500. The Kier molecular flexibility index (Phi) is 26.5. The molecule has 0 aliphatic heterocycles. The first-order valence-electron chi connectivity index (χ1n) is 27.3. The molecule has 0 aromatic heterocycles. The highest BCUT2D eigenvalue weighted by atomic mass is 16.5. The Labute approximate surface area is 450 Å². The standard InChI is InChI=1S/C66H84O9/c1-46(2)16-13-19-49(7)40-43-73-61-58(37-28-52-22-31-55(32-23-52)64(67)70-10)62(74-44-41-50(8)20-14-17-47(3)4)60(39-30-54-26-35-57(36-27-54)66(69)72-12)63(75-45-42-51(9)21-15-18-48(5)6)59(61)38-29-53-24-33-56(34-25-53)65(68)71-11/h22-27,31-36,46-51H,13-21,40-45H2,1-12H3/t49-,50-,51-/m0/s1. The van der Waals surface area contributed by atoms with E-state index in [2.05, 4.69) is 97.8 Å². The van der Waals surface area contributed by atoms with Gasteiger partial charge in [-0.25, -0.2) is 14.4 Å². The summed E-state index contributed by atoms with van der Waals surface area (Å²) >= 11 is 0. The molecule has 0 saturated heterocycles. The molecule has 0 aliphatic carbocycles. The van der Waals surface area contributed by atoms with Crippen LogP contribution in [0.2, 0.25) is 0 Å². The van der Waals surface area contributed by atoms with Crippen molar-refractivity contribution < 1.29 is 42.8 Å². The number of rotatable bonds is 27. The average molecular weight is 1020 g/mol. The van der Waals surface area contributed by atoms with Crippen molar-refractivity contribution in [3.8, 4) is 52.8 Å². The van der Waals surface area contributed by atoms with E-state index in [9.17, 15) is 14.4 Å². The number of methoxy groups -OCH3 is 3. The predicted octanol–water partition coefficient (Wildman–Crippen LogP) is 14.9. The van der Waals surface area contributed by atoms with Gasteiger partial charge < -0.3 is 28.4 Å². The molecule has 402 valence electrons. The molecule has 0 unspecified atom stereocenters. The molecular weight excluding hydrogens is 937 g/mol. The van der Waals surface area contributed by atoms with Crippen LogP contribution < -0.4 is 14.2 Å². The van der Waals surface area contributed by atoms with Crippen molar-refractivity contribution in [3.63, 3.8) is 0 Å². The van der Waals surface area contributed by atoms with Crippen molar-refractivity contribution in [2.24, 2.45) is 35.5 Å². The molecule has 0 N–H and O–H groups in total. The monoisotopic (exact) mass is 1020 g/mol. The molecule has 0 heterocycles. The van der Waals surface area contributed by atoms with E-state index in [1.165, 1.54) is 21.3 Å². The minimum absolute atomic E-state index is 0.379. The first-order chi connectivity index (χ1) is 36.0. The van der Waals surface area contributed by atoms with Crippen LogP contribution in [0.25, 0.3) is 0 Å². The summed E-state index contributed by atoms with van der Waals surface area (Å²) in [7, 11) is 4.07. The lowest BCUT2D eigenvalue weighted by molar-refractivity contribution is 0.0592. The summed E-state index contributed by atoms with van der Waals surface area (Å²) in [5.41, 5.74) is 4.59. The Balaban J connectivity index is 2.10. The SMILES string of the molecule is COC(=O)c1ccc(C#Cc2c(OCC[C@@H](C)CCCC(C)C)c(C#Cc3ccc(C(=O)OC)cc3)c(OCC[C@@H](C)CCCC(C)C)c(C#Cc3ccc(C(=O)OC)cc3)c2OCC[C@@H](C)CCCC(C)C)cc1. The first-order valence-corrected chi connectivity index (χ1v) is 27.3. The molecule has 75 heavy (non-hydrogen) atoms. The third-order valence-corrected chi connectivity index (χ3v) is 13.3. The van der Waals surface area contributed by atoms with E-state index in [0.29, 0.717) is 123 Å². The Bertz CT molecular complexity index is 2300. The highest BCUT2D eigenvalue weighted by Crippen LogP contribution is 2.44. The summed E-state index contributed by atoms with van der Waals surface area (Å²) in [5, 5.41) is 0. The van der Waals surface area contributed by atoms with Gasteiger partial charge in [0.25, 0.3) is 0 Å². The van der Waals surface area contributed by atoms with Crippen LogP contribution in [-0.4, -0.2) is 59.1 Å². The fourth-order valence-corrected chi connectivity index (χ4v) is 8.43. The third kappa shape index (κ3) is 21.3. The van der Waals surface area contributed by atoms with E-state index in [0.717, 1.165) is 77.0 Å². The molecule has 0 aliphatic rings. The highest BCUT2D eigenvalue weighted by Gasteiger charge is 2.27. The van der Waals surface area contributed by atoms with Crippen LogP contribution in [0.1, 0.15) is 204 Å². The van der Waals surface area contributed by atoms with Crippen LogP contribution in [0, 0.1) is 71.0 Å². The Morgan fingerprint density at radius 1 is 0.347 bits per heavy atom. The van der Waals surface area contributed by atoms with Crippen molar-refractivity contribution in [2.75, 3.05) is 41.2 Å². The fourth-order valence-electron chi connectivity index (χ4n) is 8.43. The van der Waals surface area contributed by atoms with Crippen molar-refractivity contribution in [3.05, 3.63) is 123 Å². The van der Waals surface area contributed by atoms with E-state index in [-0.39, 0.29) is 0 Å². The zero-order chi connectivity index (χ0) is 54.7. The predicted molar refractivity (Wildman–Crippen MR) is 302 cm³/mol. The van der Waals surface area contributed by atoms with E-state index >= 15 is 0 Å². The minimum atomic E-state index is -0.440. The number of ether oxygens (including phenoxy) is 6. The summed E-state index contributed by atoms with van der Waals surface area (Å²) in [6.45, 7) is 21.5. The number of hydrogen-bond acceptors (Lipinski definition) is 9. The van der Waals surface area contributed by atoms with Crippen molar-refractivity contribution in [1.82, 2.24) is 0 Å². The molecule has 4 aromatic carbocycles. The number of hydrogen-bond donors (Lipinski definition) is 0. The second-order valence-electron chi connectivity index (χ2n) is 21.3.